The monoisotopic (exact) mass is 392 g/mol. The summed E-state index contributed by atoms with van der Waals surface area (Å²) in [5.74, 6) is 0.134. The molecule has 0 atom stereocenters. The number of benzene rings is 2. The fourth-order valence-corrected chi connectivity index (χ4v) is 2.31. The number of alkyl halides is 1. The summed E-state index contributed by atoms with van der Waals surface area (Å²) < 4.78 is 19.7. The van der Waals surface area contributed by atoms with E-state index in [0.717, 1.165) is 10.0 Å². The SMILES string of the molecule is Fc1ccc(Br)cc1Oc1ccc(CBr)cc1Cl. The fraction of sp³-hybridized carbons (Fsp3) is 0.0769. The molecule has 0 heterocycles. The van der Waals surface area contributed by atoms with Crippen LogP contribution in [0.1, 0.15) is 5.56 Å². The van der Waals surface area contributed by atoms with Crippen LogP contribution in [0.2, 0.25) is 5.02 Å². The summed E-state index contributed by atoms with van der Waals surface area (Å²) in [6.45, 7) is 0. The molecule has 0 saturated carbocycles. The van der Waals surface area contributed by atoms with Gasteiger partial charge in [-0.05, 0) is 35.9 Å². The maximum Gasteiger partial charge on any atom is 0.165 e. The van der Waals surface area contributed by atoms with Crippen LogP contribution in [0.25, 0.3) is 0 Å². The van der Waals surface area contributed by atoms with Crippen molar-refractivity contribution in [1.82, 2.24) is 0 Å². The quantitative estimate of drug-likeness (QED) is 0.587. The van der Waals surface area contributed by atoms with Crippen LogP contribution in [-0.4, -0.2) is 0 Å². The zero-order valence-corrected chi connectivity index (χ0v) is 13.0. The van der Waals surface area contributed by atoms with Crippen LogP contribution >= 0.6 is 43.5 Å². The Hall–Kier alpha value is -0.580. The first-order valence-corrected chi connectivity index (χ1v) is 7.36. The highest BCUT2D eigenvalue weighted by atomic mass is 79.9. The number of hydrogen-bond donors (Lipinski definition) is 0. The highest BCUT2D eigenvalue weighted by molar-refractivity contribution is 9.10. The molecule has 0 saturated heterocycles. The van der Waals surface area contributed by atoms with Gasteiger partial charge in [-0.2, -0.15) is 0 Å². The summed E-state index contributed by atoms with van der Waals surface area (Å²) in [6.07, 6.45) is 0. The number of ether oxygens (including phenoxy) is 1. The molecule has 0 radical (unpaired) electrons. The molecule has 0 aromatic heterocycles. The lowest BCUT2D eigenvalue weighted by Crippen LogP contribution is -1.90. The van der Waals surface area contributed by atoms with Crippen molar-refractivity contribution in [3.05, 3.63) is 57.3 Å². The highest BCUT2D eigenvalue weighted by Crippen LogP contribution is 2.33. The van der Waals surface area contributed by atoms with Gasteiger partial charge in [0.15, 0.2) is 11.6 Å². The topological polar surface area (TPSA) is 9.23 Å². The molecule has 0 amide bonds. The van der Waals surface area contributed by atoms with Gasteiger partial charge in [-0.15, -0.1) is 0 Å². The Morgan fingerprint density at radius 2 is 1.89 bits per heavy atom. The third-order valence-electron chi connectivity index (χ3n) is 2.26. The maximum atomic E-state index is 13.5. The number of halogens is 4. The molecule has 0 aliphatic heterocycles. The molecule has 18 heavy (non-hydrogen) atoms. The smallest absolute Gasteiger partial charge is 0.165 e. The molecule has 0 spiro atoms. The van der Waals surface area contributed by atoms with E-state index in [-0.39, 0.29) is 5.75 Å². The minimum atomic E-state index is -0.432. The number of rotatable bonds is 3. The van der Waals surface area contributed by atoms with Gasteiger partial charge >= 0.3 is 0 Å². The van der Waals surface area contributed by atoms with Crippen LogP contribution in [0.3, 0.4) is 0 Å². The molecule has 94 valence electrons. The summed E-state index contributed by atoms with van der Waals surface area (Å²) in [5.41, 5.74) is 1.03. The predicted molar refractivity (Wildman–Crippen MR) is 78.3 cm³/mol. The first kappa shape index (κ1) is 13.8. The van der Waals surface area contributed by atoms with Gasteiger partial charge in [0.05, 0.1) is 5.02 Å². The van der Waals surface area contributed by atoms with Gasteiger partial charge in [0.1, 0.15) is 5.75 Å². The lowest BCUT2D eigenvalue weighted by atomic mass is 10.2. The maximum absolute atomic E-state index is 13.5. The van der Waals surface area contributed by atoms with Crippen molar-refractivity contribution >= 4 is 43.5 Å². The molecule has 0 aliphatic rings. The molecule has 0 unspecified atom stereocenters. The van der Waals surface area contributed by atoms with Crippen molar-refractivity contribution in [3.63, 3.8) is 0 Å². The molecule has 0 aliphatic carbocycles. The first-order valence-electron chi connectivity index (χ1n) is 5.07. The van der Waals surface area contributed by atoms with Gasteiger partial charge in [-0.1, -0.05) is 49.5 Å². The summed E-state index contributed by atoms with van der Waals surface area (Å²) >= 11 is 12.7. The fourth-order valence-electron chi connectivity index (χ4n) is 1.38. The van der Waals surface area contributed by atoms with E-state index in [9.17, 15) is 4.39 Å². The van der Waals surface area contributed by atoms with Gasteiger partial charge in [-0.3, -0.25) is 0 Å². The van der Waals surface area contributed by atoms with Crippen molar-refractivity contribution in [1.29, 1.82) is 0 Å². The van der Waals surface area contributed by atoms with Gasteiger partial charge in [0, 0.05) is 9.80 Å². The lowest BCUT2D eigenvalue weighted by molar-refractivity contribution is 0.442. The second-order valence-electron chi connectivity index (χ2n) is 3.58. The summed E-state index contributed by atoms with van der Waals surface area (Å²) in [6, 6.07) is 9.87. The molecular formula is C13H8Br2ClFO. The summed E-state index contributed by atoms with van der Waals surface area (Å²) in [7, 11) is 0. The minimum absolute atomic E-state index is 0.137. The Labute approximate surface area is 126 Å². The molecule has 0 bridgehead atoms. The predicted octanol–water partition coefficient (Wildman–Crippen LogP) is 5.93. The Kier molecular flexibility index (Phi) is 4.65. The second kappa shape index (κ2) is 6.04. The molecule has 0 N–H and O–H groups in total. The molecule has 2 aromatic rings. The van der Waals surface area contributed by atoms with E-state index in [0.29, 0.717) is 16.1 Å². The standard InChI is InChI=1S/C13H8Br2ClFO/c14-7-8-1-4-12(10(16)5-8)18-13-6-9(15)2-3-11(13)17/h1-6H,7H2. The zero-order valence-electron chi connectivity index (χ0n) is 9.09. The van der Waals surface area contributed by atoms with Crippen molar-refractivity contribution in [2.45, 2.75) is 5.33 Å². The van der Waals surface area contributed by atoms with Crippen LogP contribution in [0, 0.1) is 5.82 Å². The van der Waals surface area contributed by atoms with Gasteiger partial charge < -0.3 is 4.74 Å². The van der Waals surface area contributed by atoms with Gasteiger partial charge in [0.25, 0.3) is 0 Å². The third-order valence-corrected chi connectivity index (χ3v) is 3.70. The molecular weight excluding hydrogens is 386 g/mol. The molecule has 2 aromatic carbocycles. The van der Waals surface area contributed by atoms with E-state index < -0.39 is 5.82 Å². The molecule has 2 rings (SSSR count). The van der Waals surface area contributed by atoms with Crippen LogP contribution in [0.15, 0.2) is 40.9 Å². The van der Waals surface area contributed by atoms with E-state index in [4.69, 9.17) is 16.3 Å². The summed E-state index contributed by atoms with van der Waals surface area (Å²) in [5, 5.41) is 1.16. The van der Waals surface area contributed by atoms with Crippen LogP contribution in [0.4, 0.5) is 4.39 Å². The Bertz CT molecular complexity index is 575. The van der Waals surface area contributed by atoms with Crippen LogP contribution < -0.4 is 4.74 Å². The van der Waals surface area contributed by atoms with Crippen molar-refractivity contribution in [3.8, 4) is 11.5 Å². The van der Waals surface area contributed by atoms with Crippen molar-refractivity contribution in [2.75, 3.05) is 0 Å². The van der Waals surface area contributed by atoms with Crippen LogP contribution in [0.5, 0.6) is 11.5 Å². The third kappa shape index (κ3) is 3.25. The van der Waals surface area contributed by atoms with Crippen LogP contribution in [-0.2, 0) is 5.33 Å². The number of hydrogen-bond acceptors (Lipinski definition) is 1. The molecule has 0 fully saturated rings. The summed E-state index contributed by atoms with van der Waals surface area (Å²) in [4.78, 5) is 0. The zero-order chi connectivity index (χ0) is 13.1. The van der Waals surface area contributed by atoms with Crippen molar-refractivity contribution < 1.29 is 9.13 Å². The Morgan fingerprint density at radius 3 is 2.56 bits per heavy atom. The lowest BCUT2D eigenvalue weighted by Gasteiger charge is -2.09. The minimum Gasteiger partial charge on any atom is -0.453 e. The van der Waals surface area contributed by atoms with E-state index in [2.05, 4.69) is 31.9 Å². The molecule has 1 nitrogen and oxygen atoms in total. The Morgan fingerprint density at radius 1 is 1.11 bits per heavy atom. The molecule has 5 heteroatoms. The Balaban J connectivity index is 2.31. The van der Waals surface area contributed by atoms with E-state index in [1.807, 2.05) is 6.07 Å². The van der Waals surface area contributed by atoms with E-state index in [1.165, 1.54) is 6.07 Å². The average molecular weight is 394 g/mol. The average Bonchev–Trinajstić information content (AvgIpc) is 2.36. The second-order valence-corrected chi connectivity index (χ2v) is 5.46. The largest absolute Gasteiger partial charge is 0.453 e. The highest BCUT2D eigenvalue weighted by Gasteiger charge is 2.08. The van der Waals surface area contributed by atoms with Crippen molar-refractivity contribution in [2.24, 2.45) is 0 Å². The van der Waals surface area contributed by atoms with Gasteiger partial charge in [0.2, 0.25) is 0 Å². The van der Waals surface area contributed by atoms with Gasteiger partial charge in [-0.25, -0.2) is 4.39 Å². The normalized spacial score (nSPS) is 10.4. The van der Waals surface area contributed by atoms with E-state index >= 15 is 0 Å². The first-order chi connectivity index (χ1) is 8.60. The van der Waals surface area contributed by atoms with E-state index in [1.54, 1.807) is 24.3 Å².